The van der Waals surface area contributed by atoms with Crippen LogP contribution in [0.15, 0.2) is 47.0 Å². The highest BCUT2D eigenvalue weighted by Crippen LogP contribution is 2.14. The average Bonchev–Trinajstić information content (AvgIpc) is 2.33. The molecule has 3 nitrogen and oxygen atoms in total. The van der Waals surface area contributed by atoms with E-state index < -0.39 is 5.91 Å². The molecule has 1 aromatic rings. The topological polar surface area (TPSA) is 52.9 Å². The van der Waals surface area contributed by atoms with E-state index in [9.17, 15) is 4.79 Å². The molecule has 0 spiro atoms. The highest BCUT2D eigenvalue weighted by molar-refractivity contribution is 9.10. The van der Waals surface area contributed by atoms with E-state index in [1.807, 2.05) is 30.3 Å². The third-order valence-corrected chi connectivity index (χ3v) is 2.42. The van der Waals surface area contributed by atoms with Crippen molar-refractivity contribution < 1.29 is 4.79 Å². The van der Waals surface area contributed by atoms with Gasteiger partial charge in [-0.25, -0.2) is 0 Å². The highest BCUT2D eigenvalue weighted by atomic mass is 79.9. The Morgan fingerprint density at radius 2 is 2.35 bits per heavy atom. The zero-order valence-electron chi connectivity index (χ0n) is 9.11. The minimum absolute atomic E-state index is 0.0740. The van der Waals surface area contributed by atoms with Crippen LogP contribution in [-0.4, -0.2) is 12.5 Å². The zero-order chi connectivity index (χ0) is 12.7. The standard InChI is InChI=1S/C13H11BrN2O/c1-2-6-16-13(17)11(9-15)7-10-4-3-5-12(14)8-10/h2-5,7-8H,1,6H2,(H,16,17). The first kappa shape index (κ1) is 13.2. The fourth-order valence-electron chi connectivity index (χ4n) is 1.17. The van der Waals surface area contributed by atoms with Gasteiger partial charge in [0.15, 0.2) is 0 Å². The average molecular weight is 291 g/mol. The summed E-state index contributed by atoms with van der Waals surface area (Å²) in [5, 5.41) is 11.5. The Kier molecular flexibility index (Phi) is 5.18. The van der Waals surface area contributed by atoms with Gasteiger partial charge in [-0.15, -0.1) is 6.58 Å². The van der Waals surface area contributed by atoms with E-state index in [2.05, 4.69) is 27.8 Å². The van der Waals surface area contributed by atoms with Gasteiger partial charge >= 0.3 is 0 Å². The van der Waals surface area contributed by atoms with E-state index in [4.69, 9.17) is 5.26 Å². The number of rotatable bonds is 4. The lowest BCUT2D eigenvalue weighted by Crippen LogP contribution is -2.24. The van der Waals surface area contributed by atoms with E-state index in [-0.39, 0.29) is 5.57 Å². The third-order valence-electron chi connectivity index (χ3n) is 1.93. The Balaban J connectivity index is 2.91. The van der Waals surface area contributed by atoms with Crippen molar-refractivity contribution in [3.8, 4) is 6.07 Å². The monoisotopic (exact) mass is 290 g/mol. The molecule has 1 N–H and O–H groups in total. The van der Waals surface area contributed by atoms with Gasteiger partial charge < -0.3 is 5.32 Å². The third kappa shape index (κ3) is 4.25. The second kappa shape index (κ2) is 6.66. The number of hydrogen-bond acceptors (Lipinski definition) is 2. The smallest absolute Gasteiger partial charge is 0.262 e. The number of halogens is 1. The van der Waals surface area contributed by atoms with Crippen molar-refractivity contribution in [2.75, 3.05) is 6.54 Å². The van der Waals surface area contributed by atoms with Gasteiger partial charge in [-0.2, -0.15) is 5.26 Å². The Hall–Kier alpha value is -1.86. The molecule has 1 rings (SSSR count). The lowest BCUT2D eigenvalue weighted by molar-refractivity contribution is -0.116. The summed E-state index contributed by atoms with van der Waals surface area (Å²) >= 11 is 3.33. The van der Waals surface area contributed by atoms with Crippen molar-refractivity contribution in [3.63, 3.8) is 0 Å². The molecule has 4 heteroatoms. The molecule has 0 aliphatic carbocycles. The molecule has 0 heterocycles. The maximum atomic E-state index is 11.6. The molecule has 0 radical (unpaired) electrons. The molecular weight excluding hydrogens is 280 g/mol. The van der Waals surface area contributed by atoms with Crippen LogP contribution in [0.5, 0.6) is 0 Å². The van der Waals surface area contributed by atoms with Gasteiger partial charge in [-0.05, 0) is 23.8 Å². The normalized spacial score (nSPS) is 10.5. The number of amides is 1. The van der Waals surface area contributed by atoms with Crippen molar-refractivity contribution in [2.24, 2.45) is 0 Å². The van der Waals surface area contributed by atoms with Crippen LogP contribution in [0.2, 0.25) is 0 Å². The SMILES string of the molecule is C=CCNC(=O)C(C#N)=Cc1cccc(Br)c1. The van der Waals surface area contributed by atoms with E-state index in [0.29, 0.717) is 6.54 Å². The van der Waals surface area contributed by atoms with E-state index in [1.165, 1.54) is 0 Å². The van der Waals surface area contributed by atoms with Gasteiger partial charge in [0, 0.05) is 11.0 Å². The quantitative estimate of drug-likeness (QED) is 0.527. The van der Waals surface area contributed by atoms with Crippen LogP contribution in [0.1, 0.15) is 5.56 Å². The van der Waals surface area contributed by atoms with Gasteiger partial charge in [-0.3, -0.25) is 4.79 Å². The van der Waals surface area contributed by atoms with Crippen molar-refractivity contribution in [2.45, 2.75) is 0 Å². The molecule has 0 fully saturated rings. The summed E-state index contributed by atoms with van der Waals surface area (Å²) in [6, 6.07) is 9.25. The molecule has 0 saturated carbocycles. The molecule has 0 bridgehead atoms. The second-order valence-electron chi connectivity index (χ2n) is 3.22. The van der Waals surface area contributed by atoms with Gasteiger partial charge in [-0.1, -0.05) is 34.1 Å². The minimum Gasteiger partial charge on any atom is -0.348 e. The maximum absolute atomic E-state index is 11.6. The number of nitrogens with zero attached hydrogens (tertiary/aromatic N) is 1. The Labute approximate surface area is 109 Å². The number of benzene rings is 1. The van der Waals surface area contributed by atoms with Gasteiger partial charge in [0.2, 0.25) is 0 Å². The molecular formula is C13H11BrN2O. The van der Waals surface area contributed by atoms with Crippen LogP contribution in [0.25, 0.3) is 6.08 Å². The molecule has 0 aliphatic rings. The summed E-state index contributed by atoms with van der Waals surface area (Å²) in [7, 11) is 0. The van der Waals surface area contributed by atoms with E-state index >= 15 is 0 Å². The summed E-state index contributed by atoms with van der Waals surface area (Å²) < 4.78 is 0.898. The Morgan fingerprint density at radius 1 is 1.59 bits per heavy atom. The molecule has 0 aromatic heterocycles. The van der Waals surface area contributed by atoms with Gasteiger partial charge in [0.1, 0.15) is 11.6 Å². The Bertz CT molecular complexity index is 500. The summed E-state index contributed by atoms with van der Waals surface area (Å²) in [4.78, 5) is 11.6. The van der Waals surface area contributed by atoms with Crippen molar-refractivity contribution in [1.82, 2.24) is 5.32 Å². The fourth-order valence-corrected chi connectivity index (χ4v) is 1.59. The van der Waals surface area contributed by atoms with Gasteiger partial charge in [0.25, 0.3) is 5.91 Å². The zero-order valence-corrected chi connectivity index (χ0v) is 10.7. The first-order valence-corrected chi connectivity index (χ1v) is 5.73. The summed E-state index contributed by atoms with van der Waals surface area (Å²) in [5.41, 5.74) is 0.870. The van der Waals surface area contributed by atoms with Gasteiger partial charge in [0.05, 0.1) is 0 Å². The molecule has 1 aromatic carbocycles. The van der Waals surface area contributed by atoms with Crippen molar-refractivity contribution >= 4 is 27.9 Å². The lowest BCUT2D eigenvalue weighted by Gasteiger charge is -2.00. The van der Waals surface area contributed by atoms with E-state index in [0.717, 1.165) is 10.0 Å². The van der Waals surface area contributed by atoms with Crippen LogP contribution in [0.3, 0.4) is 0 Å². The minimum atomic E-state index is -0.396. The predicted octanol–water partition coefficient (Wildman–Crippen LogP) is 2.66. The number of nitrogens with one attached hydrogen (secondary N) is 1. The van der Waals surface area contributed by atoms with Crippen LogP contribution >= 0.6 is 15.9 Å². The molecule has 0 saturated heterocycles. The number of hydrogen-bond donors (Lipinski definition) is 1. The van der Waals surface area contributed by atoms with Crippen LogP contribution in [0, 0.1) is 11.3 Å². The van der Waals surface area contributed by atoms with Crippen LogP contribution < -0.4 is 5.32 Å². The summed E-state index contributed by atoms with van der Waals surface area (Å²) in [6.07, 6.45) is 3.11. The molecule has 0 aliphatic heterocycles. The van der Waals surface area contributed by atoms with Crippen LogP contribution in [0.4, 0.5) is 0 Å². The first-order valence-electron chi connectivity index (χ1n) is 4.94. The summed E-state index contributed by atoms with van der Waals surface area (Å²) in [6.45, 7) is 3.83. The summed E-state index contributed by atoms with van der Waals surface area (Å²) in [5.74, 6) is -0.396. The van der Waals surface area contributed by atoms with Crippen molar-refractivity contribution in [3.05, 3.63) is 52.5 Å². The molecule has 0 unspecified atom stereocenters. The number of carbonyl (C=O) groups is 1. The lowest BCUT2D eigenvalue weighted by atomic mass is 10.1. The first-order chi connectivity index (χ1) is 8.17. The molecule has 17 heavy (non-hydrogen) atoms. The molecule has 86 valence electrons. The Morgan fingerprint density at radius 3 is 2.94 bits per heavy atom. The fraction of sp³-hybridized carbons (Fsp3) is 0.0769. The van der Waals surface area contributed by atoms with Crippen molar-refractivity contribution in [1.29, 1.82) is 5.26 Å². The molecule has 1 amide bonds. The van der Waals surface area contributed by atoms with Crippen LogP contribution in [-0.2, 0) is 4.79 Å². The molecule has 0 atom stereocenters. The largest absolute Gasteiger partial charge is 0.348 e. The number of carbonyl (C=O) groups excluding carboxylic acids is 1. The maximum Gasteiger partial charge on any atom is 0.262 e. The number of nitriles is 1. The highest BCUT2D eigenvalue weighted by Gasteiger charge is 2.07. The predicted molar refractivity (Wildman–Crippen MR) is 70.9 cm³/mol. The second-order valence-corrected chi connectivity index (χ2v) is 4.14. The van der Waals surface area contributed by atoms with E-state index in [1.54, 1.807) is 12.2 Å².